The molecule has 8 heteroatoms. The van der Waals surface area contributed by atoms with Gasteiger partial charge in [0.05, 0.1) is 10.7 Å². The third-order valence-electron chi connectivity index (χ3n) is 3.40. The number of carbonyl (C=O) groups is 1. The summed E-state index contributed by atoms with van der Waals surface area (Å²) in [5.74, 6) is -0.627. The van der Waals surface area contributed by atoms with Gasteiger partial charge in [0.2, 0.25) is 0 Å². The van der Waals surface area contributed by atoms with Crippen LogP contribution in [0.1, 0.15) is 26.8 Å². The molecule has 1 aromatic carbocycles. The fourth-order valence-electron chi connectivity index (χ4n) is 2.30. The summed E-state index contributed by atoms with van der Waals surface area (Å²) < 4.78 is 14.9. The van der Waals surface area contributed by atoms with E-state index in [1.807, 2.05) is 6.92 Å². The van der Waals surface area contributed by atoms with Gasteiger partial charge in [-0.3, -0.25) is 9.48 Å². The molecule has 0 bridgehead atoms. The molecule has 3 rings (SSSR count). The van der Waals surface area contributed by atoms with Crippen molar-refractivity contribution < 1.29 is 9.18 Å². The van der Waals surface area contributed by atoms with Gasteiger partial charge < -0.3 is 5.32 Å². The van der Waals surface area contributed by atoms with Gasteiger partial charge in [-0.25, -0.2) is 9.37 Å². The normalized spacial score (nSPS) is 10.8. The third-order valence-corrected chi connectivity index (χ3v) is 4.69. The minimum absolute atomic E-state index is 0.248. The SMILES string of the molecule is Cc1nc(Cc2cc(F)cc(Cl)c2)sc1NC(=O)c1ccnn1C. The fraction of sp³-hybridized carbons (Fsp3) is 0.188. The van der Waals surface area contributed by atoms with Crippen LogP contribution in [0.2, 0.25) is 5.02 Å². The van der Waals surface area contributed by atoms with E-state index in [9.17, 15) is 9.18 Å². The number of benzene rings is 1. The van der Waals surface area contributed by atoms with E-state index < -0.39 is 0 Å². The molecule has 0 unspecified atom stereocenters. The van der Waals surface area contributed by atoms with Gasteiger partial charge in [-0.05, 0) is 36.8 Å². The Morgan fingerprint density at radius 2 is 2.21 bits per heavy atom. The number of rotatable bonds is 4. The lowest BCUT2D eigenvalue weighted by atomic mass is 10.1. The van der Waals surface area contributed by atoms with Gasteiger partial charge in [-0.2, -0.15) is 5.10 Å². The highest BCUT2D eigenvalue weighted by atomic mass is 35.5. The van der Waals surface area contributed by atoms with Crippen molar-refractivity contribution >= 4 is 33.8 Å². The second-order valence-corrected chi connectivity index (χ2v) is 6.79. The molecule has 0 spiro atoms. The quantitative estimate of drug-likeness (QED) is 0.765. The van der Waals surface area contributed by atoms with Crippen molar-refractivity contribution in [2.75, 3.05) is 5.32 Å². The minimum Gasteiger partial charge on any atom is -0.311 e. The first-order chi connectivity index (χ1) is 11.4. The van der Waals surface area contributed by atoms with Crippen molar-refractivity contribution in [3.8, 4) is 0 Å². The zero-order valence-electron chi connectivity index (χ0n) is 13.0. The molecule has 0 atom stereocenters. The standard InChI is InChI=1S/C16H14ClFN4OS/c1-9-16(21-15(23)13-3-4-19-22(13)2)24-14(20-9)7-10-5-11(17)8-12(18)6-10/h3-6,8H,7H2,1-2H3,(H,21,23). The Balaban J connectivity index is 1.77. The van der Waals surface area contributed by atoms with Gasteiger partial charge in [0.25, 0.3) is 5.91 Å². The molecule has 124 valence electrons. The summed E-state index contributed by atoms with van der Waals surface area (Å²) in [6.45, 7) is 1.82. The molecular formula is C16H14ClFN4OS. The number of hydrogen-bond acceptors (Lipinski definition) is 4. The highest BCUT2D eigenvalue weighted by Crippen LogP contribution is 2.27. The van der Waals surface area contributed by atoms with E-state index in [0.717, 1.165) is 10.6 Å². The van der Waals surface area contributed by atoms with Crippen LogP contribution in [0.4, 0.5) is 9.39 Å². The maximum Gasteiger partial charge on any atom is 0.274 e. The summed E-state index contributed by atoms with van der Waals surface area (Å²) in [5, 5.41) is 8.60. The monoisotopic (exact) mass is 364 g/mol. The predicted molar refractivity (Wildman–Crippen MR) is 92.2 cm³/mol. The summed E-state index contributed by atoms with van der Waals surface area (Å²) in [6.07, 6.45) is 2.01. The van der Waals surface area contributed by atoms with E-state index in [0.29, 0.717) is 27.8 Å². The molecule has 0 saturated heterocycles. The maximum atomic E-state index is 13.4. The van der Waals surface area contributed by atoms with Crippen molar-refractivity contribution in [3.05, 3.63) is 63.3 Å². The van der Waals surface area contributed by atoms with Crippen molar-refractivity contribution in [1.29, 1.82) is 0 Å². The summed E-state index contributed by atoms with van der Waals surface area (Å²) in [4.78, 5) is 16.7. The highest BCUT2D eigenvalue weighted by molar-refractivity contribution is 7.16. The van der Waals surface area contributed by atoms with Crippen molar-refractivity contribution in [2.45, 2.75) is 13.3 Å². The molecule has 0 fully saturated rings. The molecule has 0 aliphatic heterocycles. The molecule has 0 saturated carbocycles. The summed E-state index contributed by atoms with van der Waals surface area (Å²) in [7, 11) is 1.70. The number of carbonyl (C=O) groups excluding carboxylic acids is 1. The predicted octanol–water partition coefficient (Wildman–Crippen LogP) is 3.82. The number of amides is 1. The lowest BCUT2D eigenvalue weighted by molar-refractivity contribution is 0.101. The second-order valence-electron chi connectivity index (χ2n) is 5.27. The lowest BCUT2D eigenvalue weighted by Gasteiger charge is -2.03. The average molecular weight is 365 g/mol. The van der Waals surface area contributed by atoms with Crippen molar-refractivity contribution in [1.82, 2.24) is 14.8 Å². The van der Waals surface area contributed by atoms with Crippen LogP contribution in [0.15, 0.2) is 30.5 Å². The Morgan fingerprint density at radius 3 is 2.88 bits per heavy atom. The molecule has 5 nitrogen and oxygen atoms in total. The summed E-state index contributed by atoms with van der Waals surface area (Å²) >= 11 is 7.23. The maximum absolute atomic E-state index is 13.4. The Labute approximate surface area is 147 Å². The summed E-state index contributed by atoms with van der Waals surface area (Å²) in [5.41, 5.74) is 1.91. The average Bonchev–Trinajstić information content (AvgIpc) is 3.04. The van der Waals surface area contributed by atoms with Crippen molar-refractivity contribution in [3.63, 3.8) is 0 Å². The third kappa shape index (κ3) is 3.63. The number of halogens is 2. The number of thiazole rings is 1. The number of hydrogen-bond donors (Lipinski definition) is 1. The molecule has 2 aromatic heterocycles. The molecular weight excluding hydrogens is 351 g/mol. The zero-order valence-corrected chi connectivity index (χ0v) is 14.6. The fourth-order valence-corrected chi connectivity index (χ4v) is 3.53. The van der Waals surface area contributed by atoms with Crippen LogP contribution in [0.3, 0.4) is 0 Å². The molecule has 2 heterocycles. The van der Waals surface area contributed by atoms with Crippen LogP contribution in [0.25, 0.3) is 0 Å². The Hall–Kier alpha value is -2.25. The van der Waals surface area contributed by atoms with E-state index in [4.69, 9.17) is 11.6 Å². The van der Waals surface area contributed by atoms with E-state index in [2.05, 4.69) is 15.4 Å². The number of nitrogens with zero attached hydrogens (tertiary/aromatic N) is 3. The van der Waals surface area contributed by atoms with E-state index >= 15 is 0 Å². The largest absolute Gasteiger partial charge is 0.311 e. The molecule has 0 radical (unpaired) electrons. The Bertz CT molecular complexity index is 885. The Morgan fingerprint density at radius 1 is 1.42 bits per heavy atom. The molecule has 3 aromatic rings. The number of anilines is 1. The van der Waals surface area contributed by atoms with Crippen LogP contribution in [0, 0.1) is 12.7 Å². The van der Waals surface area contributed by atoms with Gasteiger partial charge in [0.1, 0.15) is 16.5 Å². The smallest absolute Gasteiger partial charge is 0.274 e. The van der Waals surface area contributed by atoms with Crippen LogP contribution in [-0.2, 0) is 13.5 Å². The molecule has 1 amide bonds. The zero-order chi connectivity index (χ0) is 17.3. The van der Waals surface area contributed by atoms with Gasteiger partial charge in [-0.15, -0.1) is 11.3 Å². The first kappa shape index (κ1) is 16.6. The molecule has 24 heavy (non-hydrogen) atoms. The van der Waals surface area contributed by atoms with E-state index in [1.54, 1.807) is 25.4 Å². The summed E-state index contributed by atoms with van der Waals surface area (Å²) in [6, 6.07) is 6.03. The van der Waals surface area contributed by atoms with E-state index in [1.165, 1.54) is 28.2 Å². The number of aromatic nitrogens is 3. The van der Waals surface area contributed by atoms with Gasteiger partial charge in [-0.1, -0.05) is 11.6 Å². The number of nitrogens with one attached hydrogen (secondary N) is 1. The van der Waals surface area contributed by atoms with Crippen LogP contribution in [0.5, 0.6) is 0 Å². The van der Waals surface area contributed by atoms with Gasteiger partial charge in [0.15, 0.2) is 0 Å². The van der Waals surface area contributed by atoms with Gasteiger partial charge in [0, 0.05) is 24.7 Å². The highest BCUT2D eigenvalue weighted by Gasteiger charge is 2.15. The van der Waals surface area contributed by atoms with E-state index in [-0.39, 0.29) is 11.7 Å². The minimum atomic E-state index is -0.379. The van der Waals surface area contributed by atoms with Crippen molar-refractivity contribution in [2.24, 2.45) is 7.05 Å². The molecule has 0 aliphatic rings. The first-order valence-electron chi connectivity index (χ1n) is 7.13. The van der Waals surface area contributed by atoms with Crippen LogP contribution >= 0.6 is 22.9 Å². The molecule has 1 N–H and O–H groups in total. The first-order valence-corrected chi connectivity index (χ1v) is 8.32. The second kappa shape index (κ2) is 6.70. The van der Waals surface area contributed by atoms with Gasteiger partial charge >= 0.3 is 0 Å². The van der Waals surface area contributed by atoms with Crippen LogP contribution in [-0.4, -0.2) is 20.7 Å². The number of aryl methyl sites for hydroxylation is 2. The lowest BCUT2D eigenvalue weighted by Crippen LogP contribution is -2.15. The molecule has 0 aliphatic carbocycles. The van der Waals surface area contributed by atoms with Crippen LogP contribution < -0.4 is 5.32 Å². The Kier molecular flexibility index (Phi) is 4.64. The topological polar surface area (TPSA) is 59.8 Å².